The van der Waals surface area contributed by atoms with E-state index in [4.69, 9.17) is 24.2 Å². The van der Waals surface area contributed by atoms with Gasteiger partial charge in [-0.05, 0) is 56.5 Å². The SMILES string of the molecule is COc1cccc([C@H](C)Nc2nc(OC3COC4(CCNCC4)C3)nc3c(C(C)C)cnn23)c1. The van der Waals surface area contributed by atoms with E-state index in [-0.39, 0.29) is 23.7 Å². The lowest BCUT2D eigenvalue weighted by molar-refractivity contribution is -0.0206. The number of aromatic nitrogens is 4. The molecule has 1 aromatic carbocycles. The quantitative estimate of drug-likeness (QED) is 0.544. The van der Waals surface area contributed by atoms with Crippen LogP contribution in [0.5, 0.6) is 11.8 Å². The number of benzene rings is 1. The van der Waals surface area contributed by atoms with Gasteiger partial charge < -0.3 is 24.8 Å². The van der Waals surface area contributed by atoms with E-state index in [0.29, 0.717) is 18.6 Å². The van der Waals surface area contributed by atoms with Crippen molar-refractivity contribution in [2.24, 2.45) is 0 Å². The Morgan fingerprint density at radius 1 is 1.21 bits per heavy atom. The van der Waals surface area contributed by atoms with E-state index in [1.54, 1.807) is 11.6 Å². The summed E-state index contributed by atoms with van der Waals surface area (Å²) in [5, 5.41) is 11.5. The van der Waals surface area contributed by atoms with Crippen LogP contribution in [0.1, 0.15) is 63.1 Å². The van der Waals surface area contributed by atoms with Crippen LogP contribution >= 0.6 is 0 Å². The molecule has 2 aliphatic heterocycles. The Morgan fingerprint density at radius 3 is 2.79 bits per heavy atom. The van der Waals surface area contributed by atoms with Gasteiger partial charge >= 0.3 is 6.01 Å². The Labute approximate surface area is 200 Å². The van der Waals surface area contributed by atoms with Gasteiger partial charge in [-0.1, -0.05) is 26.0 Å². The van der Waals surface area contributed by atoms with Crippen molar-refractivity contribution in [3.8, 4) is 11.8 Å². The number of ether oxygens (including phenoxy) is 3. The van der Waals surface area contributed by atoms with Crippen LogP contribution in [0.25, 0.3) is 5.65 Å². The van der Waals surface area contributed by atoms with Gasteiger partial charge in [0, 0.05) is 12.0 Å². The van der Waals surface area contributed by atoms with Crippen LogP contribution in [0.3, 0.4) is 0 Å². The number of nitrogens with zero attached hydrogens (tertiary/aromatic N) is 4. The van der Waals surface area contributed by atoms with Gasteiger partial charge in [-0.25, -0.2) is 0 Å². The molecule has 0 saturated carbocycles. The monoisotopic (exact) mass is 466 g/mol. The van der Waals surface area contributed by atoms with Crippen LogP contribution in [0.4, 0.5) is 5.95 Å². The lowest BCUT2D eigenvalue weighted by Crippen LogP contribution is -2.41. The number of anilines is 1. The average molecular weight is 467 g/mol. The van der Waals surface area contributed by atoms with Crippen molar-refractivity contribution >= 4 is 11.6 Å². The standard InChI is InChI=1S/C25H34N6O3/c1-16(2)21-14-27-31-22(21)29-24(34-20-13-25(33-15-20)8-10-26-11-9-25)30-23(31)28-17(3)18-6-5-7-19(12-18)32-4/h5-7,12,14,16-17,20,26H,8-11,13,15H2,1-4H3,(H,28,29,30)/t17-,20?/m0/s1. The second-order valence-corrected chi connectivity index (χ2v) is 9.65. The van der Waals surface area contributed by atoms with E-state index in [2.05, 4.69) is 42.6 Å². The van der Waals surface area contributed by atoms with E-state index in [0.717, 1.165) is 54.9 Å². The summed E-state index contributed by atoms with van der Waals surface area (Å²) >= 11 is 0. The maximum atomic E-state index is 6.31. The predicted molar refractivity (Wildman–Crippen MR) is 130 cm³/mol. The van der Waals surface area contributed by atoms with Crippen LogP contribution in [0, 0.1) is 0 Å². The number of rotatable bonds is 7. The number of fused-ring (bicyclic) bond motifs is 1. The van der Waals surface area contributed by atoms with Gasteiger partial charge in [0.1, 0.15) is 11.9 Å². The molecule has 2 N–H and O–H groups in total. The summed E-state index contributed by atoms with van der Waals surface area (Å²) in [5.41, 5.74) is 2.82. The van der Waals surface area contributed by atoms with Crippen molar-refractivity contribution in [3.63, 3.8) is 0 Å². The molecule has 0 radical (unpaired) electrons. The molecule has 2 fully saturated rings. The molecule has 0 amide bonds. The molecule has 0 aliphatic carbocycles. The number of nitrogens with one attached hydrogen (secondary N) is 2. The van der Waals surface area contributed by atoms with E-state index in [1.165, 1.54) is 0 Å². The normalized spacial score (nSPS) is 20.7. The Kier molecular flexibility index (Phi) is 6.31. The molecule has 9 nitrogen and oxygen atoms in total. The highest BCUT2D eigenvalue weighted by atomic mass is 16.6. The summed E-state index contributed by atoms with van der Waals surface area (Å²) in [4.78, 5) is 9.50. The third-order valence-corrected chi connectivity index (χ3v) is 6.90. The van der Waals surface area contributed by atoms with Crippen molar-refractivity contribution in [3.05, 3.63) is 41.6 Å². The molecule has 4 heterocycles. The zero-order chi connectivity index (χ0) is 23.7. The van der Waals surface area contributed by atoms with E-state index in [1.807, 2.05) is 24.4 Å². The first-order valence-corrected chi connectivity index (χ1v) is 12.1. The molecule has 1 unspecified atom stereocenters. The van der Waals surface area contributed by atoms with Gasteiger partial charge in [0.25, 0.3) is 0 Å². The molecular formula is C25H34N6O3. The third-order valence-electron chi connectivity index (χ3n) is 6.90. The number of methoxy groups -OCH3 is 1. The maximum Gasteiger partial charge on any atom is 0.322 e. The van der Waals surface area contributed by atoms with Crippen LogP contribution in [-0.4, -0.2) is 58.1 Å². The van der Waals surface area contributed by atoms with Gasteiger partial charge in [-0.15, -0.1) is 0 Å². The van der Waals surface area contributed by atoms with Crippen molar-refractivity contribution in [2.45, 2.75) is 63.7 Å². The molecule has 2 aromatic heterocycles. The zero-order valence-electron chi connectivity index (χ0n) is 20.4. The first-order valence-electron chi connectivity index (χ1n) is 12.1. The topological polar surface area (TPSA) is 94.8 Å². The molecule has 182 valence electrons. The molecule has 5 rings (SSSR count). The van der Waals surface area contributed by atoms with Gasteiger partial charge in [0.05, 0.1) is 31.6 Å². The fourth-order valence-corrected chi connectivity index (χ4v) is 4.87. The minimum Gasteiger partial charge on any atom is -0.497 e. The van der Waals surface area contributed by atoms with Gasteiger partial charge in [-0.2, -0.15) is 19.6 Å². The number of hydrogen-bond donors (Lipinski definition) is 2. The molecule has 9 heteroatoms. The Bertz CT molecular complexity index is 1140. The first kappa shape index (κ1) is 22.9. The summed E-state index contributed by atoms with van der Waals surface area (Å²) in [6.45, 7) is 8.89. The molecule has 3 aromatic rings. The minimum absolute atomic E-state index is 0.0272. The highest BCUT2D eigenvalue weighted by Gasteiger charge is 2.42. The second kappa shape index (κ2) is 9.38. The molecule has 2 aliphatic rings. The van der Waals surface area contributed by atoms with Gasteiger partial charge in [0.2, 0.25) is 5.95 Å². The second-order valence-electron chi connectivity index (χ2n) is 9.65. The smallest absolute Gasteiger partial charge is 0.322 e. The average Bonchev–Trinajstić information content (AvgIpc) is 3.44. The van der Waals surface area contributed by atoms with Crippen LogP contribution in [0.2, 0.25) is 0 Å². The van der Waals surface area contributed by atoms with Crippen LogP contribution < -0.4 is 20.1 Å². The Morgan fingerprint density at radius 2 is 2.03 bits per heavy atom. The summed E-state index contributed by atoms with van der Waals surface area (Å²) < 4.78 is 19.7. The summed E-state index contributed by atoms with van der Waals surface area (Å²) in [6, 6.07) is 8.33. The molecule has 34 heavy (non-hydrogen) atoms. The summed E-state index contributed by atoms with van der Waals surface area (Å²) in [5.74, 6) is 1.69. The molecular weight excluding hydrogens is 432 g/mol. The zero-order valence-corrected chi connectivity index (χ0v) is 20.4. The van der Waals surface area contributed by atoms with E-state index < -0.39 is 0 Å². The fourth-order valence-electron chi connectivity index (χ4n) is 4.87. The number of hydrogen-bond acceptors (Lipinski definition) is 8. The minimum atomic E-state index is -0.0817. The van der Waals surface area contributed by atoms with Crippen molar-refractivity contribution in [1.82, 2.24) is 24.9 Å². The fraction of sp³-hybridized carbons (Fsp3) is 0.560. The molecule has 2 atom stereocenters. The van der Waals surface area contributed by atoms with Gasteiger partial charge in [0.15, 0.2) is 5.65 Å². The third kappa shape index (κ3) is 4.54. The van der Waals surface area contributed by atoms with Crippen molar-refractivity contribution in [1.29, 1.82) is 0 Å². The lowest BCUT2D eigenvalue weighted by atomic mass is 9.89. The summed E-state index contributed by atoms with van der Waals surface area (Å²) in [6.07, 6.45) is 4.69. The molecule has 0 bridgehead atoms. The van der Waals surface area contributed by atoms with Crippen LogP contribution in [-0.2, 0) is 4.74 Å². The van der Waals surface area contributed by atoms with E-state index >= 15 is 0 Å². The van der Waals surface area contributed by atoms with Crippen molar-refractivity contribution < 1.29 is 14.2 Å². The largest absolute Gasteiger partial charge is 0.497 e. The lowest BCUT2D eigenvalue weighted by Gasteiger charge is -2.32. The highest BCUT2D eigenvalue weighted by Crippen LogP contribution is 2.35. The van der Waals surface area contributed by atoms with Crippen LogP contribution in [0.15, 0.2) is 30.5 Å². The highest BCUT2D eigenvalue weighted by molar-refractivity contribution is 5.53. The predicted octanol–water partition coefficient (Wildman–Crippen LogP) is 3.72. The Hall–Kier alpha value is -2.91. The molecule has 1 spiro atoms. The Balaban J connectivity index is 1.43. The number of piperidine rings is 1. The van der Waals surface area contributed by atoms with E-state index in [9.17, 15) is 0 Å². The van der Waals surface area contributed by atoms with Gasteiger partial charge in [-0.3, -0.25) is 0 Å². The van der Waals surface area contributed by atoms with Crippen molar-refractivity contribution in [2.75, 3.05) is 32.1 Å². The summed E-state index contributed by atoms with van der Waals surface area (Å²) in [7, 11) is 1.67. The first-order chi connectivity index (χ1) is 16.5. The molecule has 2 saturated heterocycles. The maximum absolute atomic E-state index is 6.31.